The zero-order valence-corrected chi connectivity index (χ0v) is 14.5. The molecule has 0 aliphatic rings. The third-order valence-corrected chi connectivity index (χ3v) is 5.49. The van der Waals surface area contributed by atoms with Gasteiger partial charge in [0.05, 0.1) is 0 Å². The molecule has 0 aliphatic heterocycles. The second-order valence-corrected chi connectivity index (χ2v) is 6.56. The van der Waals surface area contributed by atoms with Gasteiger partial charge in [-0.1, -0.05) is 91.0 Å². The molecule has 0 heterocycles. The molecule has 0 spiro atoms. The van der Waals surface area contributed by atoms with E-state index in [1.807, 2.05) is 0 Å². The number of halogens is 1. The van der Waals surface area contributed by atoms with Crippen molar-refractivity contribution in [2.75, 3.05) is 0 Å². The van der Waals surface area contributed by atoms with E-state index in [1.165, 1.54) is 15.9 Å². The molecule has 108 valence electrons. The van der Waals surface area contributed by atoms with Gasteiger partial charge in [0.1, 0.15) is 0 Å². The van der Waals surface area contributed by atoms with Gasteiger partial charge in [-0.15, -0.1) is 0 Å². The van der Waals surface area contributed by atoms with Crippen molar-refractivity contribution in [3.63, 3.8) is 0 Å². The van der Waals surface area contributed by atoms with Gasteiger partial charge in [-0.3, -0.25) is 0 Å². The Morgan fingerprint density at radius 2 is 0.667 bits per heavy atom. The van der Waals surface area contributed by atoms with Crippen LogP contribution in [0.4, 0.5) is 0 Å². The van der Waals surface area contributed by atoms with E-state index in [-0.39, 0.29) is 32.8 Å². The molecule has 0 aliphatic carbocycles. The molecule has 0 aromatic heterocycles. The van der Waals surface area contributed by atoms with Gasteiger partial charge in [-0.05, 0) is 23.8 Å². The summed E-state index contributed by atoms with van der Waals surface area (Å²) in [5.74, 6) is 0. The summed E-state index contributed by atoms with van der Waals surface area (Å²) in [5, 5.41) is 4.19. The molecule has 0 unspecified atom stereocenters. The molecule has 3 aromatic rings. The first-order chi connectivity index (χ1) is 9.45. The van der Waals surface area contributed by atoms with E-state index in [2.05, 4.69) is 91.0 Å². The van der Waals surface area contributed by atoms with Crippen molar-refractivity contribution < 1.29 is 32.8 Å². The SMILES string of the molecule is [Cl-].[Pd+2].c1ccc(P(c2ccccc2)c2ccccc2)cc1. The summed E-state index contributed by atoms with van der Waals surface area (Å²) >= 11 is 0. The Labute approximate surface area is 147 Å². The smallest absolute Gasteiger partial charge is 1.00 e. The summed E-state index contributed by atoms with van der Waals surface area (Å²) < 4.78 is 0. The molecule has 0 bridgehead atoms. The molecule has 0 radical (unpaired) electrons. The molecule has 0 fully saturated rings. The minimum absolute atomic E-state index is 0. The van der Waals surface area contributed by atoms with Crippen molar-refractivity contribution in [1.29, 1.82) is 0 Å². The molecule has 0 N–H and O–H groups in total. The van der Waals surface area contributed by atoms with E-state index < -0.39 is 7.92 Å². The van der Waals surface area contributed by atoms with E-state index in [0.717, 1.165) is 0 Å². The van der Waals surface area contributed by atoms with Crippen molar-refractivity contribution in [1.82, 2.24) is 0 Å². The van der Waals surface area contributed by atoms with Crippen molar-refractivity contribution in [2.24, 2.45) is 0 Å². The summed E-state index contributed by atoms with van der Waals surface area (Å²) in [6, 6.07) is 32.3. The maximum absolute atomic E-state index is 2.23. The van der Waals surface area contributed by atoms with E-state index in [4.69, 9.17) is 0 Å². The van der Waals surface area contributed by atoms with Crippen LogP contribution in [0.3, 0.4) is 0 Å². The van der Waals surface area contributed by atoms with Crippen LogP contribution in [0.5, 0.6) is 0 Å². The van der Waals surface area contributed by atoms with Crippen LogP contribution < -0.4 is 28.3 Å². The Kier molecular flexibility index (Phi) is 7.87. The summed E-state index contributed by atoms with van der Waals surface area (Å²) in [6.45, 7) is 0. The molecular formula is C18H15ClPPd+. The van der Waals surface area contributed by atoms with Gasteiger partial charge in [0, 0.05) is 0 Å². The third-order valence-electron chi connectivity index (χ3n) is 3.04. The molecule has 0 amide bonds. The first kappa shape index (κ1) is 18.1. The van der Waals surface area contributed by atoms with E-state index >= 15 is 0 Å². The minimum Gasteiger partial charge on any atom is -1.00 e. The fourth-order valence-corrected chi connectivity index (χ4v) is 4.48. The number of benzene rings is 3. The normalized spacial score (nSPS) is 9.57. The quantitative estimate of drug-likeness (QED) is 0.440. The molecule has 0 saturated carbocycles. The van der Waals surface area contributed by atoms with Gasteiger partial charge >= 0.3 is 20.4 Å². The third kappa shape index (κ3) is 4.50. The fraction of sp³-hybridized carbons (Fsp3) is 0. The predicted molar refractivity (Wildman–Crippen MR) is 85.1 cm³/mol. The molecule has 3 rings (SSSR count). The average Bonchev–Trinajstić information content (AvgIpc) is 2.51. The summed E-state index contributed by atoms with van der Waals surface area (Å²) in [7, 11) is -0.446. The van der Waals surface area contributed by atoms with Crippen LogP contribution in [-0.2, 0) is 20.4 Å². The van der Waals surface area contributed by atoms with Crippen LogP contribution in [0.15, 0.2) is 91.0 Å². The Hall–Kier alpha value is -0.958. The Balaban J connectivity index is 0.00000110. The largest absolute Gasteiger partial charge is 2.00 e. The average molecular weight is 404 g/mol. The van der Waals surface area contributed by atoms with Crippen LogP contribution in [0.25, 0.3) is 0 Å². The maximum atomic E-state index is 2.23. The Bertz CT molecular complexity index is 535. The zero-order valence-electron chi connectivity index (χ0n) is 11.3. The minimum atomic E-state index is -0.446. The molecule has 21 heavy (non-hydrogen) atoms. The number of rotatable bonds is 3. The zero-order chi connectivity index (χ0) is 12.9. The Morgan fingerprint density at radius 3 is 0.905 bits per heavy atom. The summed E-state index contributed by atoms with van der Waals surface area (Å²) in [6.07, 6.45) is 0. The van der Waals surface area contributed by atoms with Gasteiger partial charge < -0.3 is 12.4 Å². The van der Waals surface area contributed by atoms with E-state index in [9.17, 15) is 0 Å². The Morgan fingerprint density at radius 1 is 0.429 bits per heavy atom. The van der Waals surface area contributed by atoms with Gasteiger partial charge in [-0.25, -0.2) is 0 Å². The van der Waals surface area contributed by atoms with E-state index in [1.54, 1.807) is 0 Å². The van der Waals surface area contributed by atoms with E-state index in [0.29, 0.717) is 0 Å². The van der Waals surface area contributed by atoms with Crippen molar-refractivity contribution >= 4 is 23.8 Å². The van der Waals surface area contributed by atoms with Crippen molar-refractivity contribution in [2.45, 2.75) is 0 Å². The van der Waals surface area contributed by atoms with Gasteiger partial charge in [-0.2, -0.15) is 0 Å². The van der Waals surface area contributed by atoms with Crippen LogP contribution in [0.1, 0.15) is 0 Å². The fourth-order valence-electron chi connectivity index (χ4n) is 2.18. The number of hydrogen-bond donors (Lipinski definition) is 0. The van der Waals surface area contributed by atoms with Crippen LogP contribution in [-0.4, -0.2) is 0 Å². The second kappa shape index (κ2) is 9.14. The predicted octanol–water partition coefficient (Wildman–Crippen LogP) is 0.446. The monoisotopic (exact) mass is 403 g/mol. The molecule has 3 heteroatoms. The van der Waals surface area contributed by atoms with Crippen LogP contribution in [0, 0.1) is 0 Å². The topological polar surface area (TPSA) is 0 Å². The van der Waals surface area contributed by atoms with Crippen LogP contribution >= 0.6 is 7.92 Å². The van der Waals surface area contributed by atoms with Gasteiger partial charge in [0.25, 0.3) is 0 Å². The second-order valence-electron chi connectivity index (χ2n) is 4.34. The molecule has 0 atom stereocenters. The molecule has 3 aromatic carbocycles. The standard InChI is InChI=1S/C18H15P.ClH.Pd/c1-4-10-16(11-5-1)19(17-12-6-2-7-13-17)18-14-8-3-9-15-18;;/h1-15H;1H;/q;;+2/p-1. The summed E-state index contributed by atoms with van der Waals surface area (Å²) in [4.78, 5) is 0. The first-order valence-electron chi connectivity index (χ1n) is 6.40. The van der Waals surface area contributed by atoms with Gasteiger partial charge in [0.15, 0.2) is 0 Å². The maximum Gasteiger partial charge on any atom is 2.00 e. The van der Waals surface area contributed by atoms with Crippen molar-refractivity contribution in [3.8, 4) is 0 Å². The first-order valence-corrected chi connectivity index (χ1v) is 7.74. The van der Waals surface area contributed by atoms with Crippen LogP contribution in [0.2, 0.25) is 0 Å². The molecule has 0 nitrogen and oxygen atoms in total. The number of hydrogen-bond acceptors (Lipinski definition) is 0. The van der Waals surface area contributed by atoms with Crippen molar-refractivity contribution in [3.05, 3.63) is 91.0 Å². The van der Waals surface area contributed by atoms with Gasteiger partial charge in [0.2, 0.25) is 0 Å². The molecular weight excluding hydrogens is 389 g/mol. The molecule has 0 saturated heterocycles. The summed E-state index contributed by atoms with van der Waals surface area (Å²) in [5.41, 5.74) is 0.